The van der Waals surface area contributed by atoms with Crippen molar-refractivity contribution in [3.8, 4) is 22.9 Å². The number of nitrogens with zero attached hydrogens (tertiary/aromatic N) is 2. The fraction of sp³-hybridized carbons (Fsp3) is 0.167. The second-order valence-corrected chi connectivity index (χ2v) is 6.64. The van der Waals surface area contributed by atoms with Gasteiger partial charge < -0.3 is 14.8 Å². The van der Waals surface area contributed by atoms with Crippen LogP contribution in [-0.2, 0) is 0 Å². The lowest BCUT2D eigenvalue weighted by atomic mass is 10.1. The first-order valence-corrected chi connectivity index (χ1v) is 9.68. The van der Waals surface area contributed by atoms with Crippen molar-refractivity contribution in [2.24, 2.45) is 0 Å². The van der Waals surface area contributed by atoms with Gasteiger partial charge in [-0.1, -0.05) is 19.1 Å². The largest absolute Gasteiger partial charge is 0.497 e. The van der Waals surface area contributed by atoms with E-state index in [0.29, 0.717) is 12.4 Å². The number of hydrogen-bond donors (Lipinski definition) is 1. The summed E-state index contributed by atoms with van der Waals surface area (Å²) >= 11 is 0. The van der Waals surface area contributed by atoms with Gasteiger partial charge in [0, 0.05) is 16.6 Å². The summed E-state index contributed by atoms with van der Waals surface area (Å²) in [6.07, 6.45) is 0.982. The maximum absolute atomic E-state index is 5.67. The maximum Gasteiger partial charge on any atom is 0.162 e. The molecule has 0 aliphatic rings. The van der Waals surface area contributed by atoms with Gasteiger partial charge in [0.2, 0.25) is 0 Å². The Hall–Kier alpha value is -3.60. The van der Waals surface area contributed by atoms with Crippen molar-refractivity contribution in [1.82, 2.24) is 9.97 Å². The van der Waals surface area contributed by atoms with Gasteiger partial charge in [0.25, 0.3) is 0 Å². The summed E-state index contributed by atoms with van der Waals surface area (Å²) in [4.78, 5) is 9.56. The van der Waals surface area contributed by atoms with Crippen molar-refractivity contribution in [3.05, 3.63) is 72.8 Å². The molecule has 1 aromatic heterocycles. The molecule has 3 aromatic carbocycles. The minimum absolute atomic E-state index is 0.668. The molecule has 0 atom stereocenters. The average Bonchev–Trinajstić information content (AvgIpc) is 2.78. The predicted octanol–water partition coefficient (Wildman–Crippen LogP) is 5.84. The van der Waals surface area contributed by atoms with E-state index in [1.165, 1.54) is 0 Å². The van der Waals surface area contributed by atoms with Crippen molar-refractivity contribution in [1.29, 1.82) is 0 Å². The number of anilines is 2. The average molecular weight is 385 g/mol. The van der Waals surface area contributed by atoms with Crippen LogP contribution in [0.1, 0.15) is 13.3 Å². The molecule has 0 saturated carbocycles. The van der Waals surface area contributed by atoms with Crippen LogP contribution < -0.4 is 14.8 Å². The van der Waals surface area contributed by atoms with E-state index in [4.69, 9.17) is 19.4 Å². The second kappa shape index (κ2) is 8.61. The zero-order valence-electron chi connectivity index (χ0n) is 16.6. The van der Waals surface area contributed by atoms with Crippen LogP contribution in [0.5, 0.6) is 11.5 Å². The van der Waals surface area contributed by atoms with Gasteiger partial charge in [-0.25, -0.2) is 9.97 Å². The number of nitrogens with one attached hydrogen (secondary N) is 1. The number of hydrogen-bond acceptors (Lipinski definition) is 5. The minimum Gasteiger partial charge on any atom is -0.497 e. The van der Waals surface area contributed by atoms with E-state index in [1.54, 1.807) is 7.11 Å². The van der Waals surface area contributed by atoms with Gasteiger partial charge in [-0.2, -0.15) is 0 Å². The molecule has 29 heavy (non-hydrogen) atoms. The Balaban J connectivity index is 1.70. The van der Waals surface area contributed by atoms with Crippen LogP contribution in [0.4, 0.5) is 11.5 Å². The molecular weight excluding hydrogens is 362 g/mol. The molecule has 5 nitrogen and oxygen atoms in total. The Morgan fingerprint density at radius 1 is 0.828 bits per heavy atom. The number of fused-ring (bicyclic) bond motifs is 1. The molecule has 0 spiro atoms. The molecule has 0 saturated heterocycles. The molecule has 0 bridgehead atoms. The van der Waals surface area contributed by atoms with Gasteiger partial charge in [-0.05, 0) is 67.1 Å². The molecular formula is C24H23N3O2. The van der Waals surface area contributed by atoms with Crippen LogP contribution in [0.2, 0.25) is 0 Å². The summed E-state index contributed by atoms with van der Waals surface area (Å²) in [7, 11) is 1.66. The quantitative estimate of drug-likeness (QED) is 0.433. The van der Waals surface area contributed by atoms with E-state index in [2.05, 4.69) is 12.2 Å². The van der Waals surface area contributed by atoms with E-state index in [-0.39, 0.29) is 0 Å². The first kappa shape index (κ1) is 18.7. The third kappa shape index (κ3) is 4.29. The highest BCUT2D eigenvalue weighted by molar-refractivity contribution is 5.92. The van der Waals surface area contributed by atoms with E-state index in [1.807, 2.05) is 72.8 Å². The van der Waals surface area contributed by atoms with Gasteiger partial charge >= 0.3 is 0 Å². The fourth-order valence-electron chi connectivity index (χ4n) is 3.03. The molecule has 4 aromatic rings. The molecule has 1 N–H and O–H groups in total. The zero-order chi connectivity index (χ0) is 20.1. The third-order valence-electron chi connectivity index (χ3n) is 4.54. The summed E-state index contributed by atoms with van der Waals surface area (Å²) < 4.78 is 10.9. The molecule has 146 valence electrons. The highest BCUT2D eigenvalue weighted by atomic mass is 16.5. The Morgan fingerprint density at radius 2 is 1.55 bits per heavy atom. The number of ether oxygens (including phenoxy) is 2. The van der Waals surface area contributed by atoms with Crippen molar-refractivity contribution in [2.45, 2.75) is 13.3 Å². The predicted molar refractivity (Wildman–Crippen MR) is 117 cm³/mol. The van der Waals surface area contributed by atoms with Crippen LogP contribution >= 0.6 is 0 Å². The Morgan fingerprint density at radius 3 is 2.28 bits per heavy atom. The summed E-state index contributed by atoms with van der Waals surface area (Å²) in [5.41, 5.74) is 2.76. The number of rotatable bonds is 7. The van der Waals surface area contributed by atoms with Gasteiger partial charge in [-0.15, -0.1) is 0 Å². The lowest BCUT2D eigenvalue weighted by molar-refractivity contribution is 0.317. The molecule has 0 unspecified atom stereocenters. The van der Waals surface area contributed by atoms with Crippen LogP contribution in [0.15, 0.2) is 72.8 Å². The Kier molecular flexibility index (Phi) is 5.56. The highest BCUT2D eigenvalue weighted by Gasteiger charge is 2.10. The lowest BCUT2D eigenvalue weighted by Crippen LogP contribution is -1.99. The third-order valence-corrected chi connectivity index (χ3v) is 4.54. The second-order valence-electron chi connectivity index (χ2n) is 6.64. The van der Waals surface area contributed by atoms with Crippen LogP contribution in [0.3, 0.4) is 0 Å². The number of para-hydroxylation sites is 1. The molecule has 0 radical (unpaired) electrons. The molecule has 4 rings (SSSR count). The van der Waals surface area contributed by atoms with Crippen LogP contribution in [0.25, 0.3) is 22.3 Å². The van der Waals surface area contributed by atoms with E-state index < -0.39 is 0 Å². The van der Waals surface area contributed by atoms with Crippen molar-refractivity contribution in [3.63, 3.8) is 0 Å². The molecule has 5 heteroatoms. The monoisotopic (exact) mass is 385 g/mol. The molecule has 0 aliphatic carbocycles. The van der Waals surface area contributed by atoms with Gasteiger partial charge in [0.15, 0.2) is 5.82 Å². The molecule has 0 aliphatic heterocycles. The van der Waals surface area contributed by atoms with Crippen molar-refractivity contribution < 1.29 is 9.47 Å². The number of benzene rings is 3. The fourth-order valence-corrected chi connectivity index (χ4v) is 3.03. The SMILES string of the molecule is CCCOc1ccc(-c2nc(Nc3ccc(OC)cc3)c3ccccc3n2)cc1. The maximum atomic E-state index is 5.67. The topological polar surface area (TPSA) is 56.3 Å². The van der Waals surface area contributed by atoms with Crippen LogP contribution in [0, 0.1) is 0 Å². The summed E-state index contributed by atoms with van der Waals surface area (Å²) in [5, 5.41) is 4.38. The first-order chi connectivity index (χ1) is 14.3. The Labute approximate surface area is 170 Å². The smallest absolute Gasteiger partial charge is 0.162 e. The van der Waals surface area contributed by atoms with E-state index >= 15 is 0 Å². The van der Waals surface area contributed by atoms with E-state index in [0.717, 1.165) is 45.9 Å². The van der Waals surface area contributed by atoms with Crippen molar-refractivity contribution in [2.75, 3.05) is 19.0 Å². The molecule has 0 amide bonds. The van der Waals surface area contributed by atoms with Gasteiger partial charge in [0.05, 0.1) is 19.2 Å². The summed E-state index contributed by atoms with van der Waals surface area (Å²) in [6, 6.07) is 23.7. The normalized spacial score (nSPS) is 10.7. The summed E-state index contributed by atoms with van der Waals surface area (Å²) in [5.74, 6) is 3.10. The number of aromatic nitrogens is 2. The molecule has 0 fully saturated rings. The van der Waals surface area contributed by atoms with E-state index in [9.17, 15) is 0 Å². The Bertz CT molecular complexity index is 1090. The zero-order valence-corrected chi connectivity index (χ0v) is 16.6. The van der Waals surface area contributed by atoms with Gasteiger partial charge in [-0.3, -0.25) is 0 Å². The first-order valence-electron chi connectivity index (χ1n) is 9.68. The highest BCUT2D eigenvalue weighted by Crippen LogP contribution is 2.28. The van der Waals surface area contributed by atoms with Crippen molar-refractivity contribution >= 4 is 22.4 Å². The van der Waals surface area contributed by atoms with Crippen LogP contribution in [-0.4, -0.2) is 23.7 Å². The molecule has 1 heterocycles. The van der Waals surface area contributed by atoms with Gasteiger partial charge in [0.1, 0.15) is 17.3 Å². The minimum atomic E-state index is 0.668. The standard InChI is InChI=1S/C24H23N3O2/c1-3-16-29-20-12-8-17(9-13-20)23-26-22-7-5-4-6-21(22)24(27-23)25-18-10-14-19(28-2)15-11-18/h4-15H,3,16H2,1-2H3,(H,25,26,27). The lowest BCUT2D eigenvalue weighted by Gasteiger charge is -2.12. The number of methoxy groups -OCH3 is 1. The summed E-state index contributed by atoms with van der Waals surface area (Å²) in [6.45, 7) is 2.80.